The van der Waals surface area contributed by atoms with E-state index in [9.17, 15) is 14.9 Å². The third kappa shape index (κ3) is 5.84. The van der Waals surface area contributed by atoms with Crippen LogP contribution < -0.4 is 14.8 Å². The first kappa shape index (κ1) is 23.0. The van der Waals surface area contributed by atoms with Gasteiger partial charge in [0.1, 0.15) is 11.6 Å². The number of ether oxygens (including phenoxy) is 3. The third-order valence-electron chi connectivity index (χ3n) is 3.89. The molecule has 0 radical (unpaired) electrons. The maximum absolute atomic E-state index is 12.5. The van der Waals surface area contributed by atoms with Crippen LogP contribution in [0.5, 0.6) is 11.5 Å². The van der Waals surface area contributed by atoms with Gasteiger partial charge in [-0.1, -0.05) is 15.9 Å². The molecule has 0 saturated carbocycles. The summed E-state index contributed by atoms with van der Waals surface area (Å²) in [4.78, 5) is 24.0. The van der Waals surface area contributed by atoms with Gasteiger partial charge in [0, 0.05) is 10.2 Å². The van der Waals surface area contributed by atoms with Crippen molar-refractivity contribution in [2.24, 2.45) is 0 Å². The number of methoxy groups -OCH3 is 1. The Kier molecular flexibility index (Phi) is 8.44. The molecule has 8 heteroatoms. The van der Waals surface area contributed by atoms with Crippen LogP contribution in [0.15, 0.2) is 46.4 Å². The Morgan fingerprint density at radius 3 is 2.23 bits per heavy atom. The third-order valence-corrected chi connectivity index (χ3v) is 4.58. The monoisotopic (exact) mass is 472 g/mol. The largest absolute Gasteiger partial charge is 0.490 e. The fraction of sp³-hybridized carbons (Fsp3) is 0.227. The molecule has 2 aromatic rings. The molecule has 156 valence electrons. The number of nitriles is 1. The van der Waals surface area contributed by atoms with Crippen molar-refractivity contribution in [2.45, 2.75) is 13.8 Å². The van der Waals surface area contributed by atoms with Gasteiger partial charge in [0.05, 0.1) is 25.9 Å². The number of benzene rings is 2. The number of rotatable bonds is 8. The minimum atomic E-state index is -0.581. The van der Waals surface area contributed by atoms with Gasteiger partial charge in [-0.3, -0.25) is 4.79 Å². The topological polar surface area (TPSA) is 97.7 Å². The van der Waals surface area contributed by atoms with Crippen LogP contribution in [-0.2, 0) is 9.53 Å². The van der Waals surface area contributed by atoms with Crippen LogP contribution in [0.2, 0.25) is 0 Å². The number of carbonyl (C=O) groups excluding carboxylic acids is 2. The van der Waals surface area contributed by atoms with Crippen LogP contribution in [0, 0.1) is 11.3 Å². The lowest BCUT2D eigenvalue weighted by Gasteiger charge is -2.13. The van der Waals surface area contributed by atoms with Gasteiger partial charge < -0.3 is 19.5 Å². The average Bonchev–Trinajstić information content (AvgIpc) is 2.74. The van der Waals surface area contributed by atoms with E-state index >= 15 is 0 Å². The first-order chi connectivity index (χ1) is 14.4. The second kappa shape index (κ2) is 11.0. The standard InChI is InChI=1S/C22H21BrN2O5/c1-4-29-19-11-15(18(23)12-20(19)30-5-2)10-16(13-24)21(26)25-17-8-6-14(7-9-17)22(27)28-3/h6-12H,4-5H2,1-3H3,(H,25,26)/b16-10+. The van der Waals surface area contributed by atoms with Gasteiger partial charge in [-0.2, -0.15) is 5.26 Å². The predicted octanol–water partition coefficient (Wildman–Crippen LogP) is 4.58. The molecule has 7 nitrogen and oxygen atoms in total. The average molecular weight is 473 g/mol. The highest BCUT2D eigenvalue weighted by molar-refractivity contribution is 9.10. The molecule has 2 rings (SSSR count). The van der Waals surface area contributed by atoms with E-state index in [-0.39, 0.29) is 5.57 Å². The number of hydrogen-bond donors (Lipinski definition) is 1. The zero-order valence-corrected chi connectivity index (χ0v) is 18.4. The van der Waals surface area contributed by atoms with Gasteiger partial charge in [-0.25, -0.2) is 4.79 Å². The van der Waals surface area contributed by atoms with Crippen molar-refractivity contribution >= 4 is 39.6 Å². The van der Waals surface area contributed by atoms with Crippen molar-refractivity contribution in [3.63, 3.8) is 0 Å². The normalized spacial score (nSPS) is 10.7. The molecule has 0 saturated heterocycles. The molecule has 1 amide bonds. The molecule has 0 aliphatic heterocycles. The number of nitrogens with zero attached hydrogens (tertiary/aromatic N) is 1. The molecule has 0 aliphatic carbocycles. The lowest BCUT2D eigenvalue weighted by atomic mass is 10.1. The van der Waals surface area contributed by atoms with E-state index in [1.54, 1.807) is 24.3 Å². The van der Waals surface area contributed by atoms with E-state index in [0.29, 0.717) is 46.0 Å². The summed E-state index contributed by atoms with van der Waals surface area (Å²) in [6.07, 6.45) is 1.46. The van der Waals surface area contributed by atoms with E-state index in [1.807, 2.05) is 19.9 Å². The summed E-state index contributed by atoms with van der Waals surface area (Å²) in [5.74, 6) is 0.0277. The molecule has 0 spiro atoms. The fourth-order valence-corrected chi connectivity index (χ4v) is 2.94. The Balaban J connectivity index is 2.28. The number of esters is 1. The van der Waals surface area contributed by atoms with E-state index in [1.165, 1.54) is 25.3 Å². The van der Waals surface area contributed by atoms with E-state index in [2.05, 4.69) is 26.0 Å². The lowest BCUT2D eigenvalue weighted by Crippen LogP contribution is -2.13. The van der Waals surface area contributed by atoms with Gasteiger partial charge in [0.2, 0.25) is 0 Å². The molecule has 0 fully saturated rings. The van der Waals surface area contributed by atoms with Gasteiger partial charge in [0.15, 0.2) is 11.5 Å². The number of hydrogen-bond acceptors (Lipinski definition) is 6. The molecule has 1 N–H and O–H groups in total. The molecule has 30 heavy (non-hydrogen) atoms. The summed E-state index contributed by atoms with van der Waals surface area (Å²) < 4.78 is 16.5. The molecule has 0 unspecified atom stereocenters. The van der Waals surface area contributed by atoms with Crippen molar-refractivity contribution in [1.29, 1.82) is 5.26 Å². The second-order valence-corrected chi connectivity index (χ2v) is 6.73. The Morgan fingerprint density at radius 2 is 1.70 bits per heavy atom. The van der Waals surface area contributed by atoms with Crippen LogP contribution in [0.1, 0.15) is 29.8 Å². The highest BCUT2D eigenvalue weighted by Gasteiger charge is 2.14. The van der Waals surface area contributed by atoms with Gasteiger partial charge >= 0.3 is 5.97 Å². The number of halogens is 1. The zero-order chi connectivity index (χ0) is 22.1. The quantitative estimate of drug-likeness (QED) is 0.343. The van der Waals surface area contributed by atoms with Crippen molar-refractivity contribution in [2.75, 3.05) is 25.6 Å². The highest BCUT2D eigenvalue weighted by Crippen LogP contribution is 2.35. The predicted molar refractivity (Wildman–Crippen MR) is 116 cm³/mol. The molecule has 0 atom stereocenters. The highest BCUT2D eigenvalue weighted by atomic mass is 79.9. The number of nitrogens with one attached hydrogen (secondary N) is 1. The van der Waals surface area contributed by atoms with Crippen LogP contribution in [0.25, 0.3) is 6.08 Å². The number of anilines is 1. The first-order valence-electron chi connectivity index (χ1n) is 9.14. The Labute approximate surface area is 183 Å². The summed E-state index contributed by atoms with van der Waals surface area (Å²) in [6, 6.07) is 11.5. The van der Waals surface area contributed by atoms with Crippen LogP contribution in [0.3, 0.4) is 0 Å². The number of carbonyl (C=O) groups is 2. The Bertz CT molecular complexity index is 994. The van der Waals surface area contributed by atoms with Crippen LogP contribution in [-0.4, -0.2) is 32.2 Å². The van der Waals surface area contributed by atoms with Crippen molar-refractivity contribution in [3.8, 4) is 17.6 Å². The number of amides is 1. The smallest absolute Gasteiger partial charge is 0.337 e. The molecule has 0 aromatic heterocycles. The summed E-state index contributed by atoms with van der Waals surface area (Å²) >= 11 is 3.44. The first-order valence-corrected chi connectivity index (χ1v) is 9.93. The molecule has 0 bridgehead atoms. The van der Waals surface area contributed by atoms with E-state index < -0.39 is 11.9 Å². The second-order valence-electron chi connectivity index (χ2n) is 5.88. The molecular weight excluding hydrogens is 452 g/mol. The zero-order valence-electron chi connectivity index (χ0n) is 16.8. The van der Waals surface area contributed by atoms with Crippen molar-refractivity contribution in [3.05, 3.63) is 57.6 Å². The summed E-state index contributed by atoms with van der Waals surface area (Å²) in [7, 11) is 1.29. The maximum atomic E-state index is 12.5. The summed E-state index contributed by atoms with van der Waals surface area (Å²) in [6.45, 7) is 4.64. The Morgan fingerprint density at radius 1 is 1.10 bits per heavy atom. The minimum absolute atomic E-state index is 0.0978. The Hall–Kier alpha value is -3.31. The summed E-state index contributed by atoms with van der Waals surface area (Å²) in [5.41, 5.74) is 1.29. The van der Waals surface area contributed by atoms with Crippen LogP contribution >= 0.6 is 15.9 Å². The maximum Gasteiger partial charge on any atom is 0.337 e. The lowest BCUT2D eigenvalue weighted by molar-refractivity contribution is -0.112. The summed E-state index contributed by atoms with van der Waals surface area (Å²) in [5, 5.41) is 12.1. The van der Waals surface area contributed by atoms with Crippen molar-refractivity contribution in [1.82, 2.24) is 0 Å². The fourth-order valence-electron chi connectivity index (χ4n) is 2.51. The molecule has 2 aromatic carbocycles. The van der Waals surface area contributed by atoms with Crippen LogP contribution in [0.4, 0.5) is 5.69 Å². The van der Waals surface area contributed by atoms with Crippen molar-refractivity contribution < 1.29 is 23.8 Å². The SMILES string of the molecule is CCOc1cc(Br)c(/C=C(\C#N)C(=O)Nc2ccc(C(=O)OC)cc2)cc1OCC. The van der Waals surface area contributed by atoms with Gasteiger partial charge in [-0.15, -0.1) is 0 Å². The van der Waals surface area contributed by atoms with Gasteiger partial charge in [0.25, 0.3) is 5.91 Å². The van der Waals surface area contributed by atoms with Gasteiger partial charge in [-0.05, 0) is 61.9 Å². The molecule has 0 heterocycles. The molecular formula is C22H21BrN2O5. The van der Waals surface area contributed by atoms with E-state index in [0.717, 1.165) is 0 Å². The minimum Gasteiger partial charge on any atom is -0.490 e. The van der Waals surface area contributed by atoms with E-state index in [4.69, 9.17) is 9.47 Å². The molecule has 0 aliphatic rings.